The fourth-order valence-corrected chi connectivity index (χ4v) is 5.41. The number of likely N-dealkylation sites (N-methyl/N-ethyl adjacent to an activating group) is 1. The Morgan fingerprint density at radius 1 is 1.15 bits per heavy atom. The molecule has 2 aromatic carbocycles. The Labute approximate surface area is 204 Å². The predicted octanol–water partition coefficient (Wildman–Crippen LogP) is 4.83. The maximum atomic E-state index is 13.2. The average Bonchev–Trinajstić information content (AvgIpc) is 3.40. The molecule has 0 saturated carbocycles. The van der Waals surface area contributed by atoms with E-state index in [0.29, 0.717) is 39.7 Å². The minimum absolute atomic E-state index is 0.0809. The van der Waals surface area contributed by atoms with Crippen LogP contribution in [-0.2, 0) is 21.3 Å². The summed E-state index contributed by atoms with van der Waals surface area (Å²) in [6, 6.07) is 11.4. The van der Waals surface area contributed by atoms with Gasteiger partial charge in [-0.25, -0.2) is 4.98 Å². The molecule has 2 aromatic heterocycles. The molecule has 0 aliphatic rings. The van der Waals surface area contributed by atoms with Gasteiger partial charge in [0, 0.05) is 22.5 Å². The van der Waals surface area contributed by atoms with Gasteiger partial charge in [-0.15, -0.1) is 0 Å². The lowest BCUT2D eigenvalue weighted by atomic mass is 10.1. The minimum Gasteiger partial charge on any atom is -0.440 e. The number of aromatic nitrogens is 3. The summed E-state index contributed by atoms with van der Waals surface area (Å²) >= 11 is 6.36. The van der Waals surface area contributed by atoms with Gasteiger partial charge in [-0.2, -0.15) is 17.6 Å². The van der Waals surface area contributed by atoms with Gasteiger partial charge in [0.1, 0.15) is 5.76 Å². The molecule has 0 aliphatic heterocycles. The van der Waals surface area contributed by atoms with Crippen molar-refractivity contribution in [1.82, 2.24) is 19.1 Å². The first-order valence-corrected chi connectivity index (χ1v) is 12.7. The van der Waals surface area contributed by atoms with E-state index in [9.17, 15) is 8.42 Å². The lowest BCUT2D eigenvalue weighted by molar-refractivity contribution is 0.000900. The summed E-state index contributed by atoms with van der Waals surface area (Å²) in [7, 11) is -1.91. The van der Waals surface area contributed by atoms with Gasteiger partial charge in [-0.3, -0.25) is 4.90 Å². The highest BCUT2D eigenvalue weighted by Crippen LogP contribution is 2.33. The first-order chi connectivity index (χ1) is 16.1. The molecule has 4 aromatic rings. The van der Waals surface area contributed by atoms with Gasteiger partial charge < -0.3 is 9.15 Å². The molecule has 0 radical (unpaired) electrons. The normalized spacial score (nSPS) is 13.3. The number of halogens is 1. The zero-order valence-electron chi connectivity index (χ0n) is 19.5. The molecule has 0 N–H and O–H groups in total. The smallest absolute Gasteiger partial charge is 0.283 e. The molecular formula is C24H27ClN4O4S. The van der Waals surface area contributed by atoms with Gasteiger partial charge in [0.25, 0.3) is 10.0 Å². The van der Waals surface area contributed by atoms with E-state index < -0.39 is 10.0 Å². The Bertz CT molecular complexity index is 1380. The Hall–Kier alpha value is -2.72. The molecule has 2 heterocycles. The third-order valence-electron chi connectivity index (χ3n) is 5.17. The van der Waals surface area contributed by atoms with Gasteiger partial charge in [0.2, 0.25) is 5.89 Å². The highest BCUT2D eigenvalue weighted by Gasteiger charge is 2.23. The number of benzene rings is 2. The van der Waals surface area contributed by atoms with Crippen molar-refractivity contribution in [2.24, 2.45) is 0 Å². The van der Waals surface area contributed by atoms with Gasteiger partial charge in [-0.05, 0) is 52.1 Å². The van der Waals surface area contributed by atoms with E-state index in [0.717, 1.165) is 10.6 Å². The molecule has 0 amide bonds. The summed E-state index contributed by atoms with van der Waals surface area (Å²) in [5.74, 6) is 1.02. The maximum absolute atomic E-state index is 13.2. The molecule has 10 heteroatoms. The summed E-state index contributed by atoms with van der Waals surface area (Å²) < 4.78 is 39.1. The third kappa shape index (κ3) is 5.17. The molecule has 180 valence electrons. The van der Waals surface area contributed by atoms with Crippen LogP contribution in [-0.4, -0.2) is 53.3 Å². The average molecular weight is 503 g/mol. The van der Waals surface area contributed by atoms with Gasteiger partial charge >= 0.3 is 0 Å². The van der Waals surface area contributed by atoms with Gasteiger partial charge in [0.15, 0.2) is 0 Å². The number of hydrogen-bond donors (Lipinski definition) is 0. The molecule has 4 rings (SSSR count). The van der Waals surface area contributed by atoms with Crippen LogP contribution in [0.25, 0.3) is 22.4 Å². The second-order valence-corrected chi connectivity index (χ2v) is 10.7. The number of fused-ring (bicyclic) bond motifs is 1. The van der Waals surface area contributed by atoms with Crippen LogP contribution in [0, 0.1) is 0 Å². The Kier molecular flexibility index (Phi) is 7.09. The second-order valence-electron chi connectivity index (χ2n) is 8.52. The van der Waals surface area contributed by atoms with Crippen molar-refractivity contribution < 1.29 is 17.6 Å². The summed E-state index contributed by atoms with van der Waals surface area (Å²) in [6.07, 6.45) is 3.40. The molecule has 0 aliphatic carbocycles. The van der Waals surface area contributed by atoms with Gasteiger partial charge in [-0.1, -0.05) is 29.8 Å². The summed E-state index contributed by atoms with van der Waals surface area (Å²) in [5.41, 5.74) is 0.922. The van der Waals surface area contributed by atoms with Crippen LogP contribution in [0.1, 0.15) is 26.5 Å². The highest BCUT2D eigenvalue weighted by atomic mass is 35.5. The Balaban J connectivity index is 1.63. The van der Waals surface area contributed by atoms with Crippen LogP contribution in [0.2, 0.25) is 5.02 Å². The molecule has 1 atom stereocenters. The van der Waals surface area contributed by atoms with E-state index in [4.69, 9.17) is 20.8 Å². The van der Waals surface area contributed by atoms with E-state index >= 15 is 0 Å². The Morgan fingerprint density at radius 3 is 2.59 bits per heavy atom. The predicted molar refractivity (Wildman–Crippen MR) is 131 cm³/mol. The molecule has 0 saturated heterocycles. The van der Waals surface area contributed by atoms with E-state index in [1.807, 2.05) is 27.8 Å². The summed E-state index contributed by atoms with van der Waals surface area (Å²) in [6.45, 7) is 7.34. The third-order valence-corrected chi connectivity index (χ3v) is 7.00. The van der Waals surface area contributed by atoms with E-state index in [1.54, 1.807) is 36.5 Å². The minimum atomic E-state index is -3.89. The van der Waals surface area contributed by atoms with Crippen LogP contribution in [0.15, 0.2) is 64.2 Å². The van der Waals surface area contributed by atoms with Crippen LogP contribution in [0.5, 0.6) is 0 Å². The molecular weight excluding hydrogens is 476 g/mol. The standard InChI is InChI=1S/C24H27ClN4O4S/c1-16(2)32-17(3)14-28(4)15-19-12-26-24(33-19)21-10-18(25)11-23-22(21)13-27-29(23)34(30,31)20-8-6-5-7-9-20/h5-13,16-17H,14-15H2,1-4H3/t17-/m1/s1. The number of hydrogen-bond acceptors (Lipinski definition) is 7. The molecule has 34 heavy (non-hydrogen) atoms. The van der Waals surface area contributed by atoms with E-state index in [-0.39, 0.29) is 17.1 Å². The topological polar surface area (TPSA) is 90.5 Å². The lowest BCUT2D eigenvalue weighted by Gasteiger charge is -2.22. The second kappa shape index (κ2) is 9.87. The first-order valence-electron chi connectivity index (χ1n) is 10.9. The molecule has 0 unspecified atom stereocenters. The quantitative estimate of drug-likeness (QED) is 0.324. The van der Waals surface area contributed by atoms with Crippen LogP contribution >= 0.6 is 11.6 Å². The fraction of sp³-hybridized carbons (Fsp3) is 0.333. The molecule has 0 fully saturated rings. The van der Waals surface area contributed by atoms with Crippen LogP contribution in [0.4, 0.5) is 0 Å². The number of oxazole rings is 1. The lowest BCUT2D eigenvalue weighted by Crippen LogP contribution is -2.30. The van der Waals surface area contributed by atoms with Crippen molar-refractivity contribution in [3.63, 3.8) is 0 Å². The summed E-state index contributed by atoms with van der Waals surface area (Å²) in [4.78, 5) is 6.65. The van der Waals surface area contributed by atoms with Crippen molar-refractivity contribution in [2.45, 2.75) is 44.4 Å². The number of ether oxygens (including phenoxy) is 1. The van der Waals surface area contributed by atoms with Gasteiger partial charge in [0.05, 0.1) is 41.6 Å². The van der Waals surface area contributed by atoms with E-state index in [2.05, 4.69) is 15.0 Å². The fourth-order valence-electron chi connectivity index (χ4n) is 3.91. The molecule has 0 bridgehead atoms. The SMILES string of the molecule is CC(C)O[C@H](C)CN(C)Cc1cnc(-c2cc(Cl)cc3c2cnn3S(=O)(=O)c2ccccc2)o1. The summed E-state index contributed by atoms with van der Waals surface area (Å²) in [5, 5.41) is 5.09. The first kappa shape index (κ1) is 24.4. The maximum Gasteiger partial charge on any atom is 0.283 e. The van der Waals surface area contributed by atoms with E-state index in [1.165, 1.54) is 18.3 Å². The highest BCUT2D eigenvalue weighted by molar-refractivity contribution is 7.90. The molecule has 8 nitrogen and oxygen atoms in total. The monoisotopic (exact) mass is 502 g/mol. The molecule has 0 spiro atoms. The zero-order chi connectivity index (χ0) is 24.5. The number of nitrogens with zero attached hydrogens (tertiary/aromatic N) is 4. The zero-order valence-corrected chi connectivity index (χ0v) is 21.0. The van der Waals surface area contributed by atoms with Crippen molar-refractivity contribution in [1.29, 1.82) is 0 Å². The van der Waals surface area contributed by atoms with Crippen molar-refractivity contribution in [3.05, 3.63) is 65.6 Å². The number of rotatable bonds is 9. The van der Waals surface area contributed by atoms with Crippen LogP contribution < -0.4 is 0 Å². The van der Waals surface area contributed by atoms with Crippen molar-refractivity contribution >= 4 is 32.5 Å². The largest absolute Gasteiger partial charge is 0.440 e. The van der Waals surface area contributed by atoms with Crippen LogP contribution in [0.3, 0.4) is 0 Å². The van der Waals surface area contributed by atoms with Crippen molar-refractivity contribution in [2.75, 3.05) is 13.6 Å². The van der Waals surface area contributed by atoms with Crippen molar-refractivity contribution in [3.8, 4) is 11.5 Å². The Morgan fingerprint density at radius 2 is 1.88 bits per heavy atom.